The van der Waals surface area contributed by atoms with Gasteiger partial charge in [-0.3, -0.25) is 19.4 Å². The number of carbonyl (C=O) groups is 2. The summed E-state index contributed by atoms with van der Waals surface area (Å²) < 4.78 is 18.9. The quantitative estimate of drug-likeness (QED) is 0.811. The van der Waals surface area contributed by atoms with Crippen LogP contribution in [0.3, 0.4) is 0 Å². The van der Waals surface area contributed by atoms with Crippen LogP contribution in [0, 0.1) is 12.7 Å². The lowest BCUT2D eigenvalue weighted by molar-refractivity contribution is -0.135. The van der Waals surface area contributed by atoms with Gasteiger partial charge in [-0.25, -0.2) is 4.39 Å². The first-order valence-corrected chi connectivity index (χ1v) is 9.37. The molecule has 2 saturated heterocycles. The molecule has 2 aliphatic heterocycles. The molecular formula is C19H27FN4O3. The molecule has 7 nitrogen and oxygen atoms in total. The first-order chi connectivity index (χ1) is 13.0. The molecular weight excluding hydrogens is 351 g/mol. The number of halogens is 1. The number of rotatable bonds is 5. The van der Waals surface area contributed by atoms with Crippen molar-refractivity contribution in [3.05, 3.63) is 29.6 Å². The highest BCUT2D eigenvalue weighted by Gasteiger charge is 2.24. The van der Waals surface area contributed by atoms with E-state index in [9.17, 15) is 14.0 Å². The van der Waals surface area contributed by atoms with Crippen molar-refractivity contribution in [3.8, 4) is 0 Å². The van der Waals surface area contributed by atoms with E-state index in [1.807, 2.05) is 9.80 Å². The van der Waals surface area contributed by atoms with Crippen molar-refractivity contribution in [3.63, 3.8) is 0 Å². The lowest BCUT2D eigenvalue weighted by atomic mass is 10.2. The Morgan fingerprint density at radius 2 is 1.70 bits per heavy atom. The van der Waals surface area contributed by atoms with Gasteiger partial charge in [-0.05, 0) is 24.6 Å². The minimum absolute atomic E-state index is 0.135. The molecule has 0 aliphatic carbocycles. The number of carbonyl (C=O) groups excluding carboxylic acids is 2. The summed E-state index contributed by atoms with van der Waals surface area (Å²) in [5.74, 6) is -0.373. The van der Waals surface area contributed by atoms with Crippen molar-refractivity contribution in [2.24, 2.45) is 0 Å². The molecule has 2 aliphatic rings. The maximum atomic E-state index is 13.6. The molecule has 2 fully saturated rings. The van der Waals surface area contributed by atoms with E-state index in [-0.39, 0.29) is 24.2 Å². The van der Waals surface area contributed by atoms with Gasteiger partial charge < -0.3 is 15.0 Å². The van der Waals surface area contributed by atoms with Gasteiger partial charge in [-0.15, -0.1) is 0 Å². The Balaban J connectivity index is 1.40. The fourth-order valence-corrected chi connectivity index (χ4v) is 3.28. The minimum Gasteiger partial charge on any atom is -0.379 e. The second-order valence-corrected chi connectivity index (χ2v) is 7.06. The van der Waals surface area contributed by atoms with Crippen molar-refractivity contribution in [1.29, 1.82) is 0 Å². The summed E-state index contributed by atoms with van der Waals surface area (Å²) in [7, 11) is 0. The lowest BCUT2D eigenvalue weighted by Crippen LogP contribution is -2.53. The zero-order valence-electron chi connectivity index (χ0n) is 15.7. The Morgan fingerprint density at radius 1 is 1.04 bits per heavy atom. The molecule has 3 rings (SSSR count). The maximum Gasteiger partial charge on any atom is 0.238 e. The fraction of sp³-hybridized carbons (Fsp3) is 0.579. The molecule has 0 atom stereocenters. The Hall–Kier alpha value is -2.03. The standard InChI is InChI=1S/C19H27FN4O3/c1-15-2-3-16(12-17(15)20)21-18(25)13-22-4-6-24(7-5-22)19(26)14-23-8-10-27-11-9-23/h2-3,12H,4-11,13-14H2,1H3,(H,21,25). The highest BCUT2D eigenvalue weighted by molar-refractivity contribution is 5.92. The van der Waals surface area contributed by atoms with E-state index in [1.54, 1.807) is 19.1 Å². The topological polar surface area (TPSA) is 65.1 Å². The third kappa shape index (κ3) is 5.72. The monoisotopic (exact) mass is 378 g/mol. The lowest BCUT2D eigenvalue weighted by Gasteiger charge is -2.36. The van der Waals surface area contributed by atoms with E-state index in [2.05, 4.69) is 10.2 Å². The first-order valence-electron chi connectivity index (χ1n) is 9.37. The summed E-state index contributed by atoms with van der Waals surface area (Å²) in [5, 5.41) is 2.73. The largest absolute Gasteiger partial charge is 0.379 e. The Labute approximate surface area is 159 Å². The molecule has 148 valence electrons. The van der Waals surface area contributed by atoms with E-state index < -0.39 is 0 Å². The maximum absolute atomic E-state index is 13.6. The molecule has 0 unspecified atom stereocenters. The van der Waals surface area contributed by atoms with E-state index in [0.29, 0.717) is 57.2 Å². The number of hydrogen-bond donors (Lipinski definition) is 1. The number of piperazine rings is 1. The number of nitrogens with one attached hydrogen (secondary N) is 1. The summed E-state index contributed by atoms with van der Waals surface area (Å²) >= 11 is 0. The average molecular weight is 378 g/mol. The van der Waals surface area contributed by atoms with Crippen molar-refractivity contribution >= 4 is 17.5 Å². The van der Waals surface area contributed by atoms with E-state index >= 15 is 0 Å². The smallest absolute Gasteiger partial charge is 0.238 e. The van der Waals surface area contributed by atoms with Gasteiger partial charge in [-0.1, -0.05) is 6.07 Å². The number of nitrogens with zero attached hydrogens (tertiary/aromatic N) is 3. The van der Waals surface area contributed by atoms with Gasteiger partial charge in [0.1, 0.15) is 5.82 Å². The summed E-state index contributed by atoms with van der Waals surface area (Å²) in [4.78, 5) is 30.6. The molecule has 1 N–H and O–H groups in total. The van der Waals surface area contributed by atoms with Crippen LogP contribution in [0.5, 0.6) is 0 Å². The second-order valence-electron chi connectivity index (χ2n) is 7.06. The normalized spacial score (nSPS) is 19.1. The Morgan fingerprint density at radius 3 is 2.37 bits per heavy atom. The third-order valence-corrected chi connectivity index (χ3v) is 5.01. The molecule has 0 spiro atoms. The van der Waals surface area contributed by atoms with Crippen LogP contribution in [0.25, 0.3) is 0 Å². The molecule has 8 heteroatoms. The SMILES string of the molecule is Cc1ccc(NC(=O)CN2CCN(C(=O)CN3CCOCC3)CC2)cc1F. The van der Waals surface area contributed by atoms with Gasteiger partial charge in [0, 0.05) is 45.0 Å². The summed E-state index contributed by atoms with van der Waals surface area (Å²) in [5.41, 5.74) is 1.01. The molecule has 2 amide bonds. The number of aryl methyl sites for hydroxylation is 1. The van der Waals surface area contributed by atoms with Gasteiger partial charge in [0.2, 0.25) is 11.8 Å². The van der Waals surface area contributed by atoms with Crippen molar-refractivity contribution in [2.45, 2.75) is 6.92 Å². The van der Waals surface area contributed by atoms with Crippen LogP contribution < -0.4 is 5.32 Å². The van der Waals surface area contributed by atoms with E-state index in [4.69, 9.17) is 4.74 Å². The second kappa shape index (κ2) is 9.25. The van der Waals surface area contributed by atoms with E-state index in [1.165, 1.54) is 6.07 Å². The number of anilines is 1. The van der Waals surface area contributed by atoms with Gasteiger partial charge in [0.05, 0.1) is 26.3 Å². The van der Waals surface area contributed by atoms with Gasteiger partial charge in [-0.2, -0.15) is 0 Å². The first kappa shape index (κ1) is 19.7. The summed E-state index contributed by atoms with van der Waals surface area (Å²) in [6.45, 7) is 7.87. The zero-order valence-corrected chi connectivity index (χ0v) is 15.7. The van der Waals surface area contributed by atoms with Crippen LogP contribution in [-0.4, -0.2) is 92.1 Å². The predicted octanol–water partition coefficient (Wildman–Crippen LogP) is 0.549. The molecule has 2 heterocycles. The van der Waals surface area contributed by atoms with Gasteiger partial charge in [0.25, 0.3) is 0 Å². The zero-order chi connectivity index (χ0) is 19.2. The molecule has 0 bridgehead atoms. The predicted molar refractivity (Wildman–Crippen MR) is 100 cm³/mol. The van der Waals surface area contributed by atoms with Crippen LogP contribution >= 0.6 is 0 Å². The number of benzene rings is 1. The van der Waals surface area contributed by atoms with E-state index in [0.717, 1.165) is 13.1 Å². The summed E-state index contributed by atoms with van der Waals surface area (Å²) in [6.07, 6.45) is 0. The highest BCUT2D eigenvalue weighted by atomic mass is 19.1. The number of morpholine rings is 1. The van der Waals surface area contributed by atoms with Crippen molar-refractivity contribution in [2.75, 3.05) is 70.9 Å². The highest BCUT2D eigenvalue weighted by Crippen LogP contribution is 2.13. The summed E-state index contributed by atoms with van der Waals surface area (Å²) in [6, 6.07) is 4.66. The number of ether oxygens (including phenoxy) is 1. The van der Waals surface area contributed by atoms with Gasteiger partial charge in [0.15, 0.2) is 0 Å². The Bertz CT molecular complexity index is 671. The average Bonchev–Trinajstić information content (AvgIpc) is 2.66. The molecule has 0 saturated carbocycles. The van der Waals surface area contributed by atoms with Crippen LogP contribution in [0.4, 0.5) is 10.1 Å². The molecule has 1 aromatic rings. The minimum atomic E-state index is -0.333. The van der Waals surface area contributed by atoms with Crippen molar-refractivity contribution < 1.29 is 18.7 Å². The molecule has 1 aromatic carbocycles. The molecule has 0 radical (unpaired) electrons. The van der Waals surface area contributed by atoms with Crippen LogP contribution in [-0.2, 0) is 14.3 Å². The third-order valence-electron chi connectivity index (χ3n) is 5.01. The molecule has 27 heavy (non-hydrogen) atoms. The van der Waals surface area contributed by atoms with Crippen LogP contribution in [0.15, 0.2) is 18.2 Å². The number of amides is 2. The van der Waals surface area contributed by atoms with Crippen molar-refractivity contribution in [1.82, 2.24) is 14.7 Å². The fourth-order valence-electron chi connectivity index (χ4n) is 3.28. The van der Waals surface area contributed by atoms with Gasteiger partial charge >= 0.3 is 0 Å². The van der Waals surface area contributed by atoms with Crippen LogP contribution in [0.2, 0.25) is 0 Å². The molecule has 0 aromatic heterocycles. The Kier molecular flexibility index (Phi) is 6.76. The number of hydrogen-bond acceptors (Lipinski definition) is 5. The van der Waals surface area contributed by atoms with Crippen LogP contribution in [0.1, 0.15) is 5.56 Å².